The highest BCUT2D eigenvalue weighted by molar-refractivity contribution is 5.76. The monoisotopic (exact) mass is 271 g/mol. The fraction of sp³-hybridized carbons (Fsp3) is 0.500. The minimum atomic E-state index is -0.523. The maximum atomic E-state index is 13.6. The van der Waals surface area contributed by atoms with Crippen LogP contribution >= 0.6 is 0 Å². The van der Waals surface area contributed by atoms with Crippen LogP contribution in [0.1, 0.15) is 38.3 Å². The van der Waals surface area contributed by atoms with Crippen LogP contribution in [0.5, 0.6) is 0 Å². The summed E-state index contributed by atoms with van der Waals surface area (Å²) < 4.78 is 31.8. The fourth-order valence-corrected chi connectivity index (χ4v) is 1.76. The standard InChI is InChI=1S/C14H19F2NO2/c1-3-13(17-14(18)7-8-19-4-2)11-9-10(15)5-6-12(11)16/h5-6,9,13H,3-4,7-8H2,1-2H3,(H,17,18)/t13-/m1/s1. The summed E-state index contributed by atoms with van der Waals surface area (Å²) >= 11 is 0. The summed E-state index contributed by atoms with van der Waals surface area (Å²) in [6.07, 6.45) is 0.696. The molecular weight excluding hydrogens is 252 g/mol. The molecular formula is C14H19F2NO2. The van der Waals surface area contributed by atoms with Gasteiger partial charge in [0.1, 0.15) is 11.6 Å². The number of hydrogen-bond donors (Lipinski definition) is 1. The predicted molar refractivity (Wildman–Crippen MR) is 68.6 cm³/mol. The summed E-state index contributed by atoms with van der Waals surface area (Å²) in [6.45, 7) is 4.51. The second-order valence-corrected chi connectivity index (χ2v) is 4.14. The summed E-state index contributed by atoms with van der Waals surface area (Å²) in [4.78, 5) is 11.6. The number of hydrogen-bond acceptors (Lipinski definition) is 2. The Bertz CT molecular complexity index is 424. The van der Waals surface area contributed by atoms with Crippen molar-refractivity contribution < 1.29 is 18.3 Å². The van der Waals surface area contributed by atoms with Gasteiger partial charge in [0, 0.05) is 18.6 Å². The minimum absolute atomic E-state index is 0.173. The van der Waals surface area contributed by atoms with Crippen molar-refractivity contribution in [3.63, 3.8) is 0 Å². The Balaban J connectivity index is 2.67. The van der Waals surface area contributed by atoms with E-state index in [2.05, 4.69) is 5.32 Å². The van der Waals surface area contributed by atoms with E-state index < -0.39 is 17.7 Å². The van der Waals surface area contributed by atoms with Gasteiger partial charge in [0.05, 0.1) is 12.6 Å². The third-order valence-corrected chi connectivity index (χ3v) is 2.75. The summed E-state index contributed by atoms with van der Waals surface area (Å²) in [6, 6.07) is 2.72. The molecule has 0 unspecified atom stereocenters. The van der Waals surface area contributed by atoms with E-state index in [4.69, 9.17) is 4.74 Å². The van der Waals surface area contributed by atoms with Gasteiger partial charge in [0.25, 0.3) is 0 Å². The maximum absolute atomic E-state index is 13.6. The SMILES string of the molecule is CCOCCC(=O)N[C@H](CC)c1cc(F)ccc1F. The van der Waals surface area contributed by atoms with Crippen LogP contribution < -0.4 is 5.32 Å². The van der Waals surface area contributed by atoms with E-state index in [9.17, 15) is 13.6 Å². The fourth-order valence-electron chi connectivity index (χ4n) is 1.76. The van der Waals surface area contributed by atoms with Crippen molar-refractivity contribution in [2.45, 2.75) is 32.7 Å². The van der Waals surface area contributed by atoms with E-state index in [0.29, 0.717) is 19.6 Å². The Morgan fingerprint density at radius 2 is 2.11 bits per heavy atom. The molecule has 1 aromatic carbocycles. The lowest BCUT2D eigenvalue weighted by Crippen LogP contribution is -2.29. The molecule has 1 N–H and O–H groups in total. The molecule has 106 valence electrons. The van der Waals surface area contributed by atoms with Crippen LogP contribution in [0.15, 0.2) is 18.2 Å². The van der Waals surface area contributed by atoms with Crippen LogP contribution in [0.2, 0.25) is 0 Å². The topological polar surface area (TPSA) is 38.3 Å². The number of ether oxygens (including phenoxy) is 1. The van der Waals surface area contributed by atoms with Gasteiger partial charge in [-0.2, -0.15) is 0 Å². The van der Waals surface area contributed by atoms with E-state index in [1.54, 1.807) is 6.92 Å². The normalized spacial score (nSPS) is 12.2. The van der Waals surface area contributed by atoms with Gasteiger partial charge in [-0.15, -0.1) is 0 Å². The zero-order chi connectivity index (χ0) is 14.3. The van der Waals surface area contributed by atoms with Gasteiger partial charge in [-0.25, -0.2) is 8.78 Å². The Labute approximate surface area is 112 Å². The van der Waals surface area contributed by atoms with Crippen LogP contribution in [0, 0.1) is 11.6 Å². The van der Waals surface area contributed by atoms with Gasteiger partial charge < -0.3 is 10.1 Å². The van der Waals surface area contributed by atoms with Gasteiger partial charge in [0.15, 0.2) is 0 Å². The lowest BCUT2D eigenvalue weighted by atomic mass is 10.0. The lowest BCUT2D eigenvalue weighted by molar-refractivity contribution is -0.122. The van der Waals surface area contributed by atoms with E-state index in [1.165, 1.54) is 0 Å². The van der Waals surface area contributed by atoms with Gasteiger partial charge in [0.2, 0.25) is 5.91 Å². The average molecular weight is 271 g/mol. The number of benzene rings is 1. The number of nitrogens with one attached hydrogen (secondary N) is 1. The van der Waals surface area contributed by atoms with Crippen LogP contribution in [-0.2, 0) is 9.53 Å². The first kappa shape index (κ1) is 15.6. The molecule has 0 fully saturated rings. The van der Waals surface area contributed by atoms with Gasteiger partial charge in [-0.1, -0.05) is 6.92 Å². The summed E-state index contributed by atoms with van der Waals surface area (Å²) in [5, 5.41) is 2.68. The molecule has 0 aliphatic carbocycles. The largest absolute Gasteiger partial charge is 0.381 e. The molecule has 3 nitrogen and oxygen atoms in total. The Morgan fingerprint density at radius 3 is 2.74 bits per heavy atom. The molecule has 1 amide bonds. The van der Waals surface area contributed by atoms with Crippen LogP contribution in [0.25, 0.3) is 0 Å². The number of amides is 1. The highest BCUT2D eigenvalue weighted by atomic mass is 19.1. The zero-order valence-electron chi connectivity index (χ0n) is 11.2. The Hall–Kier alpha value is -1.49. The molecule has 0 heterocycles. The van der Waals surface area contributed by atoms with Crippen LogP contribution in [0.3, 0.4) is 0 Å². The van der Waals surface area contributed by atoms with Crippen molar-refractivity contribution in [1.29, 1.82) is 0 Å². The Morgan fingerprint density at radius 1 is 1.37 bits per heavy atom. The van der Waals surface area contributed by atoms with Crippen LogP contribution in [0.4, 0.5) is 8.78 Å². The van der Waals surface area contributed by atoms with Crippen molar-refractivity contribution in [3.05, 3.63) is 35.4 Å². The molecule has 19 heavy (non-hydrogen) atoms. The number of rotatable bonds is 7. The smallest absolute Gasteiger partial charge is 0.222 e. The third-order valence-electron chi connectivity index (χ3n) is 2.75. The van der Waals surface area contributed by atoms with Crippen molar-refractivity contribution in [3.8, 4) is 0 Å². The highest BCUT2D eigenvalue weighted by Gasteiger charge is 2.17. The van der Waals surface area contributed by atoms with Gasteiger partial charge in [-0.05, 0) is 31.5 Å². The van der Waals surface area contributed by atoms with Crippen molar-refractivity contribution in [2.75, 3.05) is 13.2 Å². The second kappa shape index (κ2) is 7.84. The first-order valence-corrected chi connectivity index (χ1v) is 6.40. The van der Waals surface area contributed by atoms with Gasteiger partial charge in [-0.3, -0.25) is 4.79 Å². The van der Waals surface area contributed by atoms with Crippen molar-refractivity contribution >= 4 is 5.91 Å². The summed E-state index contributed by atoms with van der Waals surface area (Å²) in [5.41, 5.74) is 0.173. The molecule has 5 heteroatoms. The lowest BCUT2D eigenvalue weighted by Gasteiger charge is -2.18. The van der Waals surface area contributed by atoms with E-state index in [1.807, 2.05) is 6.92 Å². The molecule has 0 saturated heterocycles. The van der Waals surface area contributed by atoms with Crippen molar-refractivity contribution in [2.24, 2.45) is 0 Å². The van der Waals surface area contributed by atoms with E-state index in [-0.39, 0.29) is 17.9 Å². The predicted octanol–water partition coefficient (Wildman–Crippen LogP) is 2.96. The number of carbonyl (C=O) groups is 1. The molecule has 0 aliphatic heterocycles. The van der Waals surface area contributed by atoms with E-state index >= 15 is 0 Å². The molecule has 0 bridgehead atoms. The van der Waals surface area contributed by atoms with E-state index in [0.717, 1.165) is 18.2 Å². The number of halogens is 2. The average Bonchev–Trinajstić information content (AvgIpc) is 2.39. The van der Waals surface area contributed by atoms with Crippen molar-refractivity contribution in [1.82, 2.24) is 5.32 Å². The molecule has 1 rings (SSSR count). The first-order chi connectivity index (χ1) is 9.08. The molecule has 0 aromatic heterocycles. The maximum Gasteiger partial charge on any atom is 0.222 e. The highest BCUT2D eigenvalue weighted by Crippen LogP contribution is 2.21. The molecule has 0 saturated carbocycles. The second-order valence-electron chi connectivity index (χ2n) is 4.14. The molecule has 1 atom stereocenters. The third kappa shape index (κ3) is 4.95. The van der Waals surface area contributed by atoms with Gasteiger partial charge >= 0.3 is 0 Å². The first-order valence-electron chi connectivity index (χ1n) is 6.40. The van der Waals surface area contributed by atoms with Crippen LogP contribution in [-0.4, -0.2) is 19.1 Å². The molecule has 1 aromatic rings. The Kier molecular flexibility index (Phi) is 6.42. The minimum Gasteiger partial charge on any atom is -0.381 e. The molecule has 0 aliphatic rings. The molecule has 0 radical (unpaired) electrons. The summed E-state index contributed by atoms with van der Waals surface area (Å²) in [7, 11) is 0. The zero-order valence-corrected chi connectivity index (χ0v) is 11.2. The quantitative estimate of drug-likeness (QED) is 0.774. The molecule has 0 spiro atoms. The summed E-state index contributed by atoms with van der Waals surface area (Å²) in [5.74, 6) is -1.26. The number of carbonyl (C=O) groups excluding carboxylic acids is 1.